The number of benzene rings is 1. The molecule has 0 bridgehead atoms. The number of aryl methyl sites for hydroxylation is 1. The van der Waals surface area contributed by atoms with Gasteiger partial charge in [0.15, 0.2) is 0 Å². The molecule has 6 rings (SSSR count). The molecule has 9 nitrogen and oxygen atoms in total. The van der Waals surface area contributed by atoms with Crippen LogP contribution in [0.3, 0.4) is 0 Å². The first-order valence-electron chi connectivity index (χ1n) is 14.8. The highest BCUT2D eigenvalue weighted by atomic mass is 16.3. The molecule has 4 heterocycles. The van der Waals surface area contributed by atoms with Gasteiger partial charge >= 0.3 is 0 Å². The van der Waals surface area contributed by atoms with E-state index >= 15 is 0 Å². The van der Waals surface area contributed by atoms with Crippen LogP contribution in [0, 0.1) is 5.92 Å². The second-order valence-electron chi connectivity index (χ2n) is 12.7. The van der Waals surface area contributed by atoms with Crippen molar-refractivity contribution >= 4 is 5.91 Å². The zero-order chi connectivity index (χ0) is 27.5. The first-order valence-corrected chi connectivity index (χ1v) is 14.8. The van der Waals surface area contributed by atoms with Crippen LogP contribution in [-0.2, 0) is 24.2 Å². The topological polar surface area (TPSA) is 99.8 Å². The number of rotatable bonds is 6. The number of hydrogen-bond donors (Lipinski definition) is 4. The Kier molecular flexibility index (Phi) is 6.98. The van der Waals surface area contributed by atoms with Crippen molar-refractivity contribution in [3.63, 3.8) is 0 Å². The summed E-state index contributed by atoms with van der Waals surface area (Å²) in [6.07, 6.45) is 4.95. The minimum absolute atomic E-state index is 0.0725. The van der Waals surface area contributed by atoms with E-state index in [-0.39, 0.29) is 23.5 Å². The van der Waals surface area contributed by atoms with Gasteiger partial charge in [0.1, 0.15) is 11.6 Å². The molecule has 4 N–H and O–H groups in total. The monoisotopic (exact) mass is 535 g/mol. The number of aromatic hydroxyl groups is 1. The molecule has 5 atom stereocenters. The van der Waals surface area contributed by atoms with Crippen molar-refractivity contribution in [2.75, 3.05) is 33.7 Å². The van der Waals surface area contributed by atoms with E-state index in [1.807, 2.05) is 17.0 Å². The van der Waals surface area contributed by atoms with Crippen molar-refractivity contribution in [1.29, 1.82) is 0 Å². The third-order valence-corrected chi connectivity index (χ3v) is 10.2. The molecule has 3 aliphatic heterocycles. The summed E-state index contributed by atoms with van der Waals surface area (Å²) in [7, 11) is 4.19. The zero-order valence-corrected chi connectivity index (χ0v) is 24.1. The fourth-order valence-electron chi connectivity index (χ4n) is 7.45. The molecule has 3 fully saturated rings. The maximum atomic E-state index is 13.5. The number of phenols is 1. The minimum Gasteiger partial charge on any atom is -0.508 e. The van der Waals surface area contributed by atoms with Crippen LogP contribution in [0.2, 0.25) is 0 Å². The number of hydrazine groups is 1. The number of likely N-dealkylation sites (N-methyl/N-ethyl adjacent to an activating group) is 2. The van der Waals surface area contributed by atoms with E-state index in [2.05, 4.69) is 66.6 Å². The van der Waals surface area contributed by atoms with E-state index in [1.54, 1.807) is 0 Å². The Morgan fingerprint density at radius 1 is 1.21 bits per heavy atom. The minimum atomic E-state index is -0.138. The number of H-pyrrole nitrogens is 1. The predicted molar refractivity (Wildman–Crippen MR) is 151 cm³/mol. The number of nitrogens with zero attached hydrogens (tertiary/aromatic N) is 4. The number of likely N-dealkylation sites (tertiary alicyclic amines) is 1. The lowest BCUT2D eigenvalue weighted by atomic mass is 9.73. The number of carbonyl (C=O) groups is 1. The molecule has 1 aromatic heterocycles. The van der Waals surface area contributed by atoms with Crippen LogP contribution in [0.15, 0.2) is 18.2 Å². The average molecular weight is 536 g/mol. The van der Waals surface area contributed by atoms with Gasteiger partial charge in [-0.1, -0.05) is 19.9 Å². The predicted octanol–water partition coefficient (Wildman–Crippen LogP) is 2.69. The number of hydrogen-bond acceptors (Lipinski definition) is 7. The normalized spacial score (nSPS) is 30.2. The first-order chi connectivity index (χ1) is 18.7. The summed E-state index contributed by atoms with van der Waals surface area (Å²) >= 11 is 0. The Bertz CT molecular complexity index is 1220. The molecule has 1 saturated carbocycles. The SMILES string of the molecule is CCc1cc(O)ccc1C1CCC2C(C1)NNC2c1nc2c([nH]1)CN(CC)[C@H](C(=O)N1CC(C)(N(C)C)C1)C2. The Hall–Kier alpha value is -2.46. The number of carbonyl (C=O) groups excluding carboxylic acids is 1. The molecule has 0 radical (unpaired) electrons. The smallest absolute Gasteiger partial charge is 0.240 e. The molecule has 4 unspecified atom stereocenters. The molecule has 4 aliphatic rings. The lowest BCUT2D eigenvalue weighted by Crippen LogP contribution is -2.70. The molecule has 1 aromatic carbocycles. The third-order valence-electron chi connectivity index (χ3n) is 10.2. The summed E-state index contributed by atoms with van der Waals surface area (Å²) in [5.74, 6) is 2.58. The average Bonchev–Trinajstić information content (AvgIpc) is 3.52. The van der Waals surface area contributed by atoms with Gasteiger partial charge in [0, 0.05) is 32.1 Å². The van der Waals surface area contributed by atoms with Gasteiger partial charge in [-0.2, -0.15) is 0 Å². The number of aromatic nitrogens is 2. The van der Waals surface area contributed by atoms with Crippen LogP contribution in [-0.4, -0.2) is 87.0 Å². The van der Waals surface area contributed by atoms with Crippen LogP contribution in [0.5, 0.6) is 5.75 Å². The third kappa shape index (κ3) is 4.67. The van der Waals surface area contributed by atoms with E-state index in [9.17, 15) is 9.90 Å². The van der Waals surface area contributed by atoms with Crippen LogP contribution < -0.4 is 10.9 Å². The fraction of sp³-hybridized carbons (Fsp3) is 0.667. The number of amides is 1. The van der Waals surface area contributed by atoms with Crippen LogP contribution in [0.25, 0.3) is 0 Å². The molecule has 39 heavy (non-hydrogen) atoms. The van der Waals surface area contributed by atoms with Crippen molar-refractivity contribution in [2.24, 2.45) is 5.92 Å². The van der Waals surface area contributed by atoms with Crippen molar-refractivity contribution in [1.82, 2.24) is 35.5 Å². The maximum Gasteiger partial charge on any atom is 0.240 e. The van der Waals surface area contributed by atoms with Gasteiger partial charge in [0.2, 0.25) is 5.91 Å². The van der Waals surface area contributed by atoms with Gasteiger partial charge in [0.25, 0.3) is 0 Å². The van der Waals surface area contributed by atoms with Gasteiger partial charge < -0.3 is 19.9 Å². The highest BCUT2D eigenvalue weighted by Gasteiger charge is 2.47. The number of aromatic amines is 1. The summed E-state index contributed by atoms with van der Waals surface area (Å²) in [5, 5.41) is 9.95. The summed E-state index contributed by atoms with van der Waals surface area (Å²) in [6.45, 7) is 9.70. The molecule has 0 spiro atoms. The van der Waals surface area contributed by atoms with E-state index in [1.165, 1.54) is 11.1 Å². The Balaban J connectivity index is 1.14. The quantitative estimate of drug-likeness (QED) is 0.451. The number of nitrogens with one attached hydrogen (secondary N) is 3. The first kappa shape index (κ1) is 26.7. The number of phenolic OH excluding ortho intramolecular Hbond substituents is 1. The molecular weight excluding hydrogens is 490 g/mol. The van der Waals surface area contributed by atoms with Gasteiger partial charge in [-0.15, -0.1) is 0 Å². The maximum absolute atomic E-state index is 13.5. The fourth-order valence-corrected chi connectivity index (χ4v) is 7.45. The number of fused-ring (bicyclic) bond motifs is 2. The van der Waals surface area contributed by atoms with Gasteiger partial charge in [0.05, 0.1) is 29.0 Å². The van der Waals surface area contributed by atoms with Crippen molar-refractivity contribution in [2.45, 2.75) is 89.0 Å². The van der Waals surface area contributed by atoms with Gasteiger partial charge in [-0.3, -0.25) is 15.1 Å². The van der Waals surface area contributed by atoms with Crippen LogP contribution >= 0.6 is 0 Å². The van der Waals surface area contributed by atoms with E-state index in [0.29, 0.717) is 30.0 Å². The summed E-state index contributed by atoms with van der Waals surface area (Å²) < 4.78 is 0. The Labute approximate surface area is 232 Å². The molecular formula is C30H45N7O2. The van der Waals surface area contributed by atoms with Crippen LogP contribution in [0.1, 0.15) is 80.3 Å². The second kappa shape index (κ2) is 10.2. The largest absolute Gasteiger partial charge is 0.508 e. The van der Waals surface area contributed by atoms with Gasteiger partial charge in [-0.25, -0.2) is 10.4 Å². The Morgan fingerprint density at radius 3 is 2.72 bits per heavy atom. The Morgan fingerprint density at radius 2 is 2.00 bits per heavy atom. The molecule has 1 amide bonds. The number of imidazole rings is 1. The van der Waals surface area contributed by atoms with E-state index < -0.39 is 0 Å². The highest BCUT2D eigenvalue weighted by Crippen LogP contribution is 2.44. The molecule has 212 valence electrons. The van der Waals surface area contributed by atoms with Gasteiger partial charge in [-0.05, 0) is 88.3 Å². The van der Waals surface area contributed by atoms with Crippen LogP contribution in [0.4, 0.5) is 0 Å². The summed E-state index contributed by atoms with van der Waals surface area (Å²) in [6, 6.07) is 6.27. The lowest BCUT2D eigenvalue weighted by molar-refractivity contribution is -0.150. The zero-order valence-electron chi connectivity index (χ0n) is 24.1. The molecule has 1 aliphatic carbocycles. The standard InChI is InChI=1S/C30H45N7O2/c1-6-18-12-20(38)9-11-21(18)19-8-10-22-23(13-19)33-34-27(22)28-31-24-14-26(36(7-2)15-25(24)32-28)29(39)37-16-30(3,17-37)35(4)5/h9,11-12,19,22-23,26-27,33-34,38H,6-8,10,13-17H2,1-5H3,(H,31,32)/t19?,22?,23?,26-,27?/m0/s1. The molecule has 9 heteroatoms. The summed E-state index contributed by atoms with van der Waals surface area (Å²) in [4.78, 5) is 28.9. The molecule has 2 saturated heterocycles. The highest BCUT2D eigenvalue weighted by molar-refractivity contribution is 5.83. The van der Waals surface area contributed by atoms with Crippen molar-refractivity contribution in [3.8, 4) is 5.75 Å². The molecule has 2 aromatic rings. The van der Waals surface area contributed by atoms with E-state index in [4.69, 9.17) is 4.98 Å². The lowest BCUT2D eigenvalue weighted by Gasteiger charge is -2.53. The second-order valence-corrected chi connectivity index (χ2v) is 12.7. The van der Waals surface area contributed by atoms with Crippen molar-refractivity contribution < 1.29 is 9.90 Å². The van der Waals surface area contributed by atoms with E-state index in [0.717, 1.165) is 69.1 Å². The van der Waals surface area contributed by atoms with Crippen molar-refractivity contribution in [3.05, 3.63) is 46.5 Å². The summed E-state index contributed by atoms with van der Waals surface area (Å²) in [5.41, 5.74) is 12.1.